The van der Waals surface area contributed by atoms with Gasteiger partial charge in [0.05, 0.1) is 61.4 Å². The molecular formula is C38H69N5O7. The number of hydrogen-bond acceptors (Lipinski definition) is 8. The molecule has 50 heavy (non-hydrogen) atoms. The van der Waals surface area contributed by atoms with E-state index in [0.717, 1.165) is 24.8 Å². The Kier molecular flexibility index (Phi) is 20.1. The Morgan fingerprint density at radius 2 is 1.64 bits per heavy atom. The molecule has 0 bridgehead atoms. The fourth-order valence-electron chi connectivity index (χ4n) is 7.19. The molecule has 9 unspecified atom stereocenters. The van der Waals surface area contributed by atoms with Gasteiger partial charge in [-0.25, -0.2) is 0 Å². The van der Waals surface area contributed by atoms with E-state index >= 15 is 0 Å². The van der Waals surface area contributed by atoms with E-state index in [0.29, 0.717) is 13.0 Å². The maximum atomic E-state index is 14.0. The minimum Gasteiger partial charge on any atom is -0.386 e. The van der Waals surface area contributed by atoms with Crippen LogP contribution in [0.3, 0.4) is 0 Å². The van der Waals surface area contributed by atoms with Crippen molar-refractivity contribution in [3.63, 3.8) is 0 Å². The van der Waals surface area contributed by atoms with Gasteiger partial charge in [0.2, 0.25) is 23.6 Å². The molecule has 1 rings (SSSR count). The highest BCUT2D eigenvalue weighted by Crippen LogP contribution is 2.29. The molecule has 12 nitrogen and oxygen atoms in total. The number of allylic oxidation sites excluding steroid dienone is 2. The minimum absolute atomic E-state index is 0.00489. The number of methoxy groups -OCH3 is 2. The van der Waals surface area contributed by atoms with Gasteiger partial charge in [0.1, 0.15) is 0 Å². The maximum absolute atomic E-state index is 14.0. The smallest absolute Gasteiger partial charge is 0.242 e. The number of nitrogens with one attached hydrogen (secondary N) is 2. The number of likely N-dealkylation sites (tertiary alicyclic amines) is 1. The summed E-state index contributed by atoms with van der Waals surface area (Å²) in [6.45, 7) is 15.8. The zero-order valence-electron chi connectivity index (χ0n) is 33.2. The van der Waals surface area contributed by atoms with Gasteiger partial charge in [0.15, 0.2) is 0 Å². The van der Waals surface area contributed by atoms with Crippen molar-refractivity contribution in [3.8, 4) is 0 Å². The lowest BCUT2D eigenvalue weighted by molar-refractivity contribution is -0.146. The van der Waals surface area contributed by atoms with Gasteiger partial charge in [-0.05, 0) is 64.6 Å². The van der Waals surface area contributed by atoms with E-state index < -0.39 is 36.3 Å². The molecule has 1 fully saturated rings. The molecule has 0 saturated carbocycles. The van der Waals surface area contributed by atoms with Crippen molar-refractivity contribution in [2.45, 2.75) is 130 Å². The van der Waals surface area contributed by atoms with Crippen molar-refractivity contribution in [3.05, 3.63) is 23.8 Å². The molecule has 288 valence electrons. The molecular weight excluding hydrogens is 638 g/mol. The SMILES string of the molecule is C/C=C(\C=C/CC)C(O)C(C)NC(=O)C(C)C(OC)C1CCCN1C(=O)CC(OC)C(C(C)CC)N(C)C(=O)CNC(=O)C(C(C)C)N(C)C. The number of carbonyl (C=O) groups is 4. The first-order valence-corrected chi connectivity index (χ1v) is 18.4. The first-order chi connectivity index (χ1) is 23.5. The topological polar surface area (TPSA) is 141 Å². The zero-order valence-corrected chi connectivity index (χ0v) is 33.2. The van der Waals surface area contributed by atoms with Gasteiger partial charge < -0.3 is 35.0 Å². The van der Waals surface area contributed by atoms with Gasteiger partial charge in [-0.2, -0.15) is 0 Å². The van der Waals surface area contributed by atoms with Gasteiger partial charge in [-0.3, -0.25) is 24.1 Å². The standard InChI is InChI=1S/C38H69N5O7/c1-14-17-19-28(16-3)35(46)27(8)40-37(47)26(7)36(50-13)29-20-18-21-43(29)31(44)22-30(49-12)34(25(6)15-2)42(11)32(45)23-39-38(48)33(24(4)5)41(9)10/h16-17,19,24-27,29-30,33-36,46H,14-15,18,20-23H2,1-13H3,(H,39,48)(H,40,47)/b19-17-,28-16+. The van der Waals surface area contributed by atoms with Crippen LogP contribution >= 0.6 is 0 Å². The van der Waals surface area contributed by atoms with Gasteiger partial charge in [0, 0.05) is 27.8 Å². The van der Waals surface area contributed by atoms with E-state index in [1.807, 2.05) is 78.8 Å². The average Bonchev–Trinajstić information content (AvgIpc) is 3.56. The second-order valence-electron chi connectivity index (χ2n) is 14.4. The van der Waals surface area contributed by atoms with Crippen LogP contribution in [-0.4, -0.2) is 134 Å². The fourth-order valence-corrected chi connectivity index (χ4v) is 7.19. The van der Waals surface area contributed by atoms with Gasteiger partial charge >= 0.3 is 0 Å². The Morgan fingerprint density at radius 1 is 1.00 bits per heavy atom. The first-order valence-electron chi connectivity index (χ1n) is 18.4. The predicted molar refractivity (Wildman–Crippen MR) is 198 cm³/mol. The summed E-state index contributed by atoms with van der Waals surface area (Å²) in [5.41, 5.74) is 0.729. The molecule has 12 heteroatoms. The Balaban J connectivity index is 3.10. The summed E-state index contributed by atoms with van der Waals surface area (Å²) in [5, 5.41) is 16.6. The highest BCUT2D eigenvalue weighted by atomic mass is 16.5. The highest BCUT2D eigenvalue weighted by Gasteiger charge is 2.42. The third-order valence-corrected chi connectivity index (χ3v) is 10.2. The summed E-state index contributed by atoms with van der Waals surface area (Å²) >= 11 is 0. The molecule has 1 saturated heterocycles. The average molecular weight is 708 g/mol. The number of ether oxygens (including phenoxy) is 2. The van der Waals surface area contributed by atoms with Crippen LogP contribution in [0.2, 0.25) is 0 Å². The number of nitrogens with zero attached hydrogens (tertiary/aromatic N) is 3. The summed E-state index contributed by atoms with van der Waals surface area (Å²) in [7, 11) is 8.49. The molecule has 9 atom stereocenters. The lowest BCUT2D eigenvalue weighted by atomic mass is 9.90. The Morgan fingerprint density at radius 3 is 2.14 bits per heavy atom. The molecule has 0 aromatic rings. The molecule has 1 heterocycles. The van der Waals surface area contributed by atoms with Crippen LogP contribution in [0.1, 0.15) is 87.5 Å². The second kappa shape index (κ2) is 22.2. The third-order valence-electron chi connectivity index (χ3n) is 10.2. The van der Waals surface area contributed by atoms with E-state index in [9.17, 15) is 24.3 Å². The van der Waals surface area contributed by atoms with Crippen molar-refractivity contribution in [1.29, 1.82) is 0 Å². The summed E-state index contributed by atoms with van der Waals surface area (Å²) in [5.74, 6) is -1.39. The highest BCUT2D eigenvalue weighted by molar-refractivity contribution is 5.87. The van der Waals surface area contributed by atoms with E-state index in [2.05, 4.69) is 10.6 Å². The first kappa shape index (κ1) is 45.2. The summed E-state index contributed by atoms with van der Waals surface area (Å²) in [6.07, 6.45) is 6.71. The number of likely N-dealkylation sites (N-methyl/N-ethyl adjacent to an activating group) is 2. The van der Waals surface area contributed by atoms with Crippen molar-refractivity contribution in [2.24, 2.45) is 17.8 Å². The van der Waals surface area contributed by atoms with Crippen LogP contribution in [-0.2, 0) is 28.7 Å². The van der Waals surface area contributed by atoms with Crippen LogP contribution in [0.4, 0.5) is 0 Å². The molecule has 1 aliphatic rings. The molecule has 3 N–H and O–H groups in total. The van der Waals surface area contributed by atoms with E-state index in [1.54, 1.807) is 44.9 Å². The van der Waals surface area contributed by atoms with Gasteiger partial charge in [-0.1, -0.05) is 66.2 Å². The number of aliphatic hydroxyl groups is 1. The molecule has 0 radical (unpaired) electrons. The predicted octanol–water partition coefficient (Wildman–Crippen LogP) is 3.39. The van der Waals surface area contributed by atoms with Crippen molar-refractivity contribution in [1.82, 2.24) is 25.3 Å². The maximum Gasteiger partial charge on any atom is 0.242 e. The number of hydrogen-bond donors (Lipinski definition) is 3. The number of carbonyl (C=O) groups excluding carboxylic acids is 4. The zero-order chi connectivity index (χ0) is 38.3. The monoisotopic (exact) mass is 708 g/mol. The molecule has 4 amide bonds. The second-order valence-corrected chi connectivity index (χ2v) is 14.4. The van der Waals surface area contributed by atoms with Crippen LogP contribution in [0.5, 0.6) is 0 Å². The van der Waals surface area contributed by atoms with Crippen LogP contribution in [0, 0.1) is 17.8 Å². The lowest BCUT2D eigenvalue weighted by Crippen LogP contribution is -2.55. The molecule has 1 aliphatic heterocycles. The van der Waals surface area contributed by atoms with Crippen LogP contribution in [0.15, 0.2) is 23.8 Å². The van der Waals surface area contributed by atoms with E-state index in [-0.39, 0.29) is 60.5 Å². The largest absolute Gasteiger partial charge is 0.386 e. The Hall–Kier alpha value is -2.80. The van der Waals surface area contributed by atoms with E-state index in [4.69, 9.17) is 9.47 Å². The van der Waals surface area contributed by atoms with Crippen molar-refractivity contribution >= 4 is 23.6 Å². The normalized spacial score (nSPS) is 20.3. The Labute approximate surface area is 302 Å². The van der Waals surface area contributed by atoms with Crippen LogP contribution in [0.25, 0.3) is 0 Å². The molecule has 0 spiro atoms. The van der Waals surface area contributed by atoms with Gasteiger partial charge in [0.25, 0.3) is 0 Å². The number of amides is 4. The van der Waals surface area contributed by atoms with Crippen molar-refractivity contribution < 1.29 is 33.8 Å². The third kappa shape index (κ3) is 12.5. The molecule has 0 aliphatic carbocycles. The lowest BCUT2D eigenvalue weighted by Gasteiger charge is -2.39. The minimum atomic E-state index is -0.870. The Bertz CT molecular complexity index is 1130. The quantitative estimate of drug-likeness (QED) is 0.154. The van der Waals surface area contributed by atoms with Crippen LogP contribution < -0.4 is 10.6 Å². The van der Waals surface area contributed by atoms with E-state index in [1.165, 1.54) is 0 Å². The number of rotatable bonds is 21. The summed E-state index contributed by atoms with van der Waals surface area (Å²) in [6, 6.07) is -1.64. The molecule has 0 aromatic heterocycles. The fraction of sp³-hybridized carbons (Fsp3) is 0.789. The molecule has 0 aromatic carbocycles. The summed E-state index contributed by atoms with van der Waals surface area (Å²) in [4.78, 5) is 59.0. The number of aliphatic hydroxyl groups excluding tert-OH is 1. The summed E-state index contributed by atoms with van der Waals surface area (Å²) < 4.78 is 11.8. The van der Waals surface area contributed by atoms with Gasteiger partial charge in [-0.15, -0.1) is 0 Å². The van der Waals surface area contributed by atoms with Crippen molar-refractivity contribution in [2.75, 3.05) is 48.5 Å².